The molecule has 4 aromatic rings. The smallest absolute Gasteiger partial charge is 0.273 e. The van der Waals surface area contributed by atoms with Crippen LogP contribution in [0.1, 0.15) is 32.0 Å². The van der Waals surface area contributed by atoms with E-state index in [2.05, 4.69) is 20.8 Å². The SMILES string of the molecule is O=C(NCc1ccccc1CNC(=O)c1ccc[nH]c1=O)c1cc(-c2ccccc2)on1. The standard InChI is InChI=1S/C24H20N4O4/c29-22-19(11-6-12-25-22)23(30)26-14-17-9-4-5-10-18(17)15-27-24(31)20-13-21(32-28-20)16-7-2-1-3-8-16/h1-13H,14-15H2,(H,25,29)(H,26,30)(H,27,31). The molecular weight excluding hydrogens is 408 g/mol. The molecule has 0 atom stereocenters. The minimum atomic E-state index is -0.471. The van der Waals surface area contributed by atoms with E-state index < -0.39 is 11.5 Å². The number of carbonyl (C=O) groups excluding carboxylic acids is 2. The van der Waals surface area contributed by atoms with Gasteiger partial charge in [-0.05, 0) is 23.3 Å². The number of aromatic nitrogens is 2. The highest BCUT2D eigenvalue weighted by molar-refractivity contribution is 5.94. The van der Waals surface area contributed by atoms with Gasteiger partial charge in [-0.15, -0.1) is 0 Å². The molecule has 8 nitrogen and oxygen atoms in total. The summed E-state index contributed by atoms with van der Waals surface area (Å²) < 4.78 is 5.28. The van der Waals surface area contributed by atoms with Gasteiger partial charge in [0.1, 0.15) is 5.56 Å². The average Bonchev–Trinajstić information content (AvgIpc) is 3.33. The van der Waals surface area contributed by atoms with Crippen molar-refractivity contribution in [2.24, 2.45) is 0 Å². The maximum Gasteiger partial charge on any atom is 0.273 e. The molecular formula is C24H20N4O4. The van der Waals surface area contributed by atoms with E-state index in [1.807, 2.05) is 54.6 Å². The van der Waals surface area contributed by atoms with E-state index >= 15 is 0 Å². The van der Waals surface area contributed by atoms with Gasteiger partial charge in [-0.25, -0.2) is 0 Å². The van der Waals surface area contributed by atoms with Crippen molar-refractivity contribution in [1.82, 2.24) is 20.8 Å². The number of benzene rings is 2. The Labute approximate surface area is 183 Å². The maximum atomic E-state index is 12.5. The van der Waals surface area contributed by atoms with Crippen molar-refractivity contribution < 1.29 is 14.1 Å². The number of nitrogens with one attached hydrogen (secondary N) is 3. The van der Waals surface area contributed by atoms with Gasteiger partial charge in [0, 0.05) is 30.9 Å². The summed E-state index contributed by atoms with van der Waals surface area (Å²) in [5, 5.41) is 9.41. The number of nitrogens with zero attached hydrogens (tertiary/aromatic N) is 1. The van der Waals surface area contributed by atoms with Crippen LogP contribution in [0.2, 0.25) is 0 Å². The number of H-pyrrole nitrogens is 1. The van der Waals surface area contributed by atoms with E-state index in [4.69, 9.17) is 4.52 Å². The topological polar surface area (TPSA) is 117 Å². The highest BCUT2D eigenvalue weighted by atomic mass is 16.5. The van der Waals surface area contributed by atoms with Gasteiger partial charge >= 0.3 is 0 Å². The first-order valence-electron chi connectivity index (χ1n) is 9.95. The highest BCUT2D eigenvalue weighted by Gasteiger charge is 2.15. The summed E-state index contributed by atoms with van der Waals surface area (Å²) in [6.45, 7) is 0.450. The van der Waals surface area contributed by atoms with Crippen molar-refractivity contribution in [3.05, 3.63) is 112 Å². The Morgan fingerprint density at radius 2 is 1.50 bits per heavy atom. The number of aromatic amines is 1. The van der Waals surface area contributed by atoms with Gasteiger partial charge in [-0.1, -0.05) is 59.8 Å². The van der Waals surface area contributed by atoms with Crippen molar-refractivity contribution in [3.8, 4) is 11.3 Å². The molecule has 2 amide bonds. The molecule has 2 heterocycles. The Morgan fingerprint density at radius 3 is 2.19 bits per heavy atom. The molecule has 0 aliphatic heterocycles. The van der Waals surface area contributed by atoms with Crippen LogP contribution in [0.3, 0.4) is 0 Å². The summed E-state index contributed by atoms with van der Waals surface area (Å²) in [6, 6.07) is 21.4. The Morgan fingerprint density at radius 1 is 0.844 bits per heavy atom. The van der Waals surface area contributed by atoms with Crippen LogP contribution >= 0.6 is 0 Å². The Hall–Kier alpha value is -4.46. The average molecular weight is 428 g/mol. The van der Waals surface area contributed by atoms with E-state index in [1.165, 1.54) is 12.3 Å². The van der Waals surface area contributed by atoms with Crippen LogP contribution in [0, 0.1) is 0 Å². The molecule has 0 radical (unpaired) electrons. The lowest BCUT2D eigenvalue weighted by molar-refractivity contribution is 0.0934. The fraction of sp³-hybridized carbons (Fsp3) is 0.0833. The van der Waals surface area contributed by atoms with Gasteiger partial charge in [-0.2, -0.15) is 0 Å². The van der Waals surface area contributed by atoms with Crippen LogP contribution in [-0.4, -0.2) is 22.0 Å². The van der Waals surface area contributed by atoms with Crippen molar-refractivity contribution in [1.29, 1.82) is 0 Å². The molecule has 0 fully saturated rings. The van der Waals surface area contributed by atoms with Gasteiger partial charge in [0.25, 0.3) is 17.4 Å². The molecule has 4 rings (SSSR count). The molecule has 2 aromatic carbocycles. The molecule has 8 heteroatoms. The minimum absolute atomic E-state index is 0.0403. The van der Waals surface area contributed by atoms with Gasteiger partial charge in [0.15, 0.2) is 11.5 Å². The Kier molecular flexibility index (Phi) is 6.22. The predicted molar refractivity (Wildman–Crippen MR) is 118 cm³/mol. The number of carbonyl (C=O) groups is 2. The molecule has 0 aliphatic carbocycles. The molecule has 0 saturated carbocycles. The van der Waals surface area contributed by atoms with Crippen molar-refractivity contribution >= 4 is 11.8 Å². The van der Waals surface area contributed by atoms with Crippen LogP contribution < -0.4 is 16.2 Å². The predicted octanol–water partition coefficient (Wildman–Crippen LogP) is 2.89. The van der Waals surface area contributed by atoms with E-state index in [9.17, 15) is 14.4 Å². The first-order chi connectivity index (χ1) is 15.6. The number of hydrogen-bond donors (Lipinski definition) is 3. The lowest BCUT2D eigenvalue weighted by Gasteiger charge is -2.11. The molecule has 0 aliphatic rings. The largest absolute Gasteiger partial charge is 0.355 e. The summed E-state index contributed by atoms with van der Waals surface area (Å²) in [5.74, 6) is -0.331. The van der Waals surface area contributed by atoms with Crippen LogP contribution in [0.25, 0.3) is 11.3 Å². The Balaban J connectivity index is 1.39. The summed E-state index contributed by atoms with van der Waals surface area (Å²) in [5.41, 5.74) is 2.25. The summed E-state index contributed by atoms with van der Waals surface area (Å²) >= 11 is 0. The van der Waals surface area contributed by atoms with Crippen LogP contribution in [-0.2, 0) is 13.1 Å². The zero-order valence-electron chi connectivity index (χ0n) is 17.0. The van der Waals surface area contributed by atoms with E-state index in [0.29, 0.717) is 5.76 Å². The molecule has 0 unspecified atom stereocenters. The van der Waals surface area contributed by atoms with Gasteiger partial charge < -0.3 is 20.1 Å². The monoisotopic (exact) mass is 428 g/mol. The Bertz CT molecular complexity index is 1290. The second-order valence-corrected chi connectivity index (χ2v) is 6.99. The lowest BCUT2D eigenvalue weighted by Crippen LogP contribution is -2.29. The third kappa shape index (κ3) is 4.81. The quantitative estimate of drug-likeness (QED) is 0.418. The summed E-state index contributed by atoms with van der Waals surface area (Å²) in [4.78, 5) is 39.1. The zero-order chi connectivity index (χ0) is 22.3. The third-order valence-electron chi connectivity index (χ3n) is 4.86. The first kappa shape index (κ1) is 20.8. The minimum Gasteiger partial charge on any atom is -0.355 e. The number of amides is 2. The molecule has 0 spiro atoms. The van der Waals surface area contributed by atoms with E-state index in [0.717, 1.165) is 16.7 Å². The fourth-order valence-electron chi connectivity index (χ4n) is 3.16. The first-order valence-corrected chi connectivity index (χ1v) is 9.95. The summed E-state index contributed by atoms with van der Waals surface area (Å²) in [6.07, 6.45) is 1.47. The van der Waals surface area contributed by atoms with Crippen molar-refractivity contribution in [2.45, 2.75) is 13.1 Å². The second-order valence-electron chi connectivity index (χ2n) is 6.99. The molecule has 3 N–H and O–H groups in total. The molecule has 2 aromatic heterocycles. The molecule has 0 bridgehead atoms. The van der Waals surface area contributed by atoms with Crippen molar-refractivity contribution in [2.75, 3.05) is 0 Å². The van der Waals surface area contributed by atoms with E-state index in [-0.39, 0.29) is 30.3 Å². The molecule has 0 saturated heterocycles. The van der Waals surface area contributed by atoms with Crippen LogP contribution in [0.5, 0.6) is 0 Å². The van der Waals surface area contributed by atoms with Gasteiger partial charge in [-0.3, -0.25) is 14.4 Å². The maximum absolute atomic E-state index is 12.5. The fourth-order valence-corrected chi connectivity index (χ4v) is 3.16. The van der Waals surface area contributed by atoms with Gasteiger partial charge in [0.2, 0.25) is 0 Å². The van der Waals surface area contributed by atoms with Crippen LogP contribution in [0.15, 0.2) is 88.3 Å². The third-order valence-corrected chi connectivity index (χ3v) is 4.86. The number of pyridine rings is 1. The normalized spacial score (nSPS) is 10.5. The lowest BCUT2D eigenvalue weighted by atomic mass is 10.1. The van der Waals surface area contributed by atoms with E-state index in [1.54, 1.807) is 12.1 Å². The van der Waals surface area contributed by atoms with Gasteiger partial charge in [0.05, 0.1) is 0 Å². The number of rotatable bonds is 7. The molecule has 32 heavy (non-hydrogen) atoms. The van der Waals surface area contributed by atoms with Crippen LogP contribution in [0.4, 0.5) is 0 Å². The zero-order valence-corrected chi connectivity index (χ0v) is 17.0. The molecule has 160 valence electrons. The van der Waals surface area contributed by atoms with Crippen molar-refractivity contribution in [3.63, 3.8) is 0 Å². The summed E-state index contributed by atoms with van der Waals surface area (Å²) in [7, 11) is 0. The number of hydrogen-bond acceptors (Lipinski definition) is 5. The second kappa shape index (κ2) is 9.57. The highest BCUT2D eigenvalue weighted by Crippen LogP contribution is 2.19.